The highest BCUT2D eigenvalue weighted by Gasteiger charge is 2.15. The Morgan fingerprint density at radius 2 is 2.16 bits per heavy atom. The normalized spacial score (nSPS) is 10.3. The predicted octanol–water partition coefficient (Wildman–Crippen LogP) is 2.43. The van der Waals surface area contributed by atoms with E-state index in [-0.39, 0.29) is 18.4 Å². The second-order valence-corrected chi connectivity index (χ2v) is 5.58. The first-order valence-electron chi connectivity index (χ1n) is 6.56. The number of rotatable bonds is 7. The standard InChI is InChI=1S/C13H21N3O2S/c1-4-6-7-16(12(18)5-2)9-11(17)15-13-14-8-10(3)19-13/h8H,4-7,9H2,1-3H3,(H,14,15,17). The number of nitrogens with one attached hydrogen (secondary N) is 1. The maximum Gasteiger partial charge on any atom is 0.245 e. The van der Waals surface area contributed by atoms with E-state index in [2.05, 4.69) is 17.2 Å². The Balaban J connectivity index is 2.52. The van der Waals surface area contributed by atoms with E-state index in [1.807, 2.05) is 13.8 Å². The maximum absolute atomic E-state index is 11.9. The van der Waals surface area contributed by atoms with Gasteiger partial charge in [0.25, 0.3) is 0 Å². The lowest BCUT2D eigenvalue weighted by Gasteiger charge is -2.21. The van der Waals surface area contributed by atoms with Crippen molar-refractivity contribution in [1.29, 1.82) is 0 Å². The molecule has 1 N–H and O–H groups in total. The monoisotopic (exact) mass is 283 g/mol. The fraction of sp³-hybridized carbons (Fsp3) is 0.615. The second-order valence-electron chi connectivity index (χ2n) is 4.35. The minimum Gasteiger partial charge on any atom is -0.333 e. The molecular formula is C13H21N3O2S. The van der Waals surface area contributed by atoms with E-state index in [4.69, 9.17) is 0 Å². The summed E-state index contributed by atoms with van der Waals surface area (Å²) in [5.41, 5.74) is 0. The molecule has 0 atom stereocenters. The van der Waals surface area contributed by atoms with Crippen molar-refractivity contribution < 1.29 is 9.59 Å². The van der Waals surface area contributed by atoms with E-state index in [1.165, 1.54) is 11.3 Å². The van der Waals surface area contributed by atoms with Crippen LogP contribution >= 0.6 is 11.3 Å². The predicted molar refractivity (Wildman–Crippen MR) is 77.3 cm³/mol. The summed E-state index contributed by atoms with van der Waals surface area (Å²) in [5, 5.41) is 3.31. The van der Waals surface area contributed by atoms with Gasteiger partial charge in [-0.25, -0.2) is 4.98 Å². The van der Waals surface area contributed by atoms with Crippen molar-refractivity contribution >= 4 is 28.3 Å². The van der Waals surface area contributed by atoms with Gasteiger partial charge in [0.2, 0.25) is 11.8 Å². The molecule has 0 radical (unpaired) electrons. The van der Waals surface area contributed by atoms with Crippen molar-refractivity contribution in [3.05, 3.63) is 11.1 Å². The SMILES string of the molecule is CCCCN(CC(=O)Nc1ncc(C)s1)C(=O)CC. The van der Waals surface area contributed by atoms with Crippen molar-refractivity contribution in [2.24, 2.45) is 0 Å². The van der Waals surface area contributed by atoms with Gasteiger partial charge in [-0.05, 0) is 13.3 Å². The summed E-state index contributed by atoms with van der Waals surface area (Å²) in [7, 11) is 0. The van der Waals surface area contributed by atoms with Gasteiger partial charge in [0.1, 0.15) is 0 Å². The molecule has 0 spiro atoms. The van der Waals surface area contributed by atoms with Crippen LogP contribution in [0.1, 0.15) is 38.0 Å². The van der Waals surface area contributed by atoms with Gasteiger partial charge in [0.15, 0.2) is 5.13 Å². The third-order valence-electron chi connectivity index (χ3n) is 2.64. The Kier molecular flexibility index (Phi) is 6.49. The molecule has 0 fully saturated rings. The fourth-order valence-corrected chi connectivity index (χ4v) is 2.29. The van der Waals surface area contributed by atoms with Gasteiger partial charge in [-0.2, -0.15) is 0 Å². The molecule has 1 rings (SSSR count). The average molecular weight is 283 g/mol. The zero-order valence-electron chi connectivity index (χ0n) is 11.7. The summed E-state index contributed by atoms with van der Waals surface area (Å²) in [4.78, 5) is 30.3. The Bertz CT molecular complexity index is 431. The van der Waals surface area contributed by atoms with E-state index in [9.17, 15) is 9.59 Å². The topological polar surface area (TPSA) is 62.3 Å². The molecule has 0 bridgehead atoms. The molecule has 19 heavy (non-hydrogen) atoms. The van der Waals surface area contributed by atoms with Crippen LogP contribution in [0.25, 0.3) is 0 Å². The largest absolute Gasteiger partial charge is 0.333 e. The van der Waals surface area contributed by atoms with Gasteiger partial charge in [0.05, 0.1) is 6.54 Å². The Labute approximate surface area is 118 Å². The highest BCUT2D eigenvalue weighted by Crippen LogP contribution is 2.16. The molecule has 5 nitrogen and oxygen atoms in total. The van der Waals surface area contributed by atoms with Crippen molar-refractivity contribution in [2.45, 2.75) is 40.0 Å². The summed E-state index contributed by atoms with van der Waals surface area (Å²) < 4.78 is 0. The molecular weight excluding hydrogens is 262 g/mol. The van der Waals surface area contributed by atoms with Crippen LogP contribution in [0.2, 0.25) is 0 Å². The second kappa shape index (κ2) is 7.89. The zero-order chi connectivity index (χ0) is 14.3. The maximum atomic E-state index is 11.9. The summed E-state index contributed by atoms with van der Waals surface area (Å²) in [6, 6.07) is 0. The first-order chi connectivity index (χ1) is 9.06. The fourth-order valence-electron chi connectivity index (χ4n) is 1.61. The number of hydrogen-bond donors (Lipinski definition) is 1. The summed E-state index contributed by atoms with van der Waals surface area (Å²) in [5.74, 6) is -0.175. The zero-order valence-corrected chi connectivity index (χ0v) is 12.5. The molecule has 6 heteroatoms. The van der Waals surface area contributed by atoms with Gasteiger partial charge in [0, 0.05) is 24.0 Å². The molecule has 1 aromatic heterocycles. The molecule has 0 aliphatic rings. The molecule has 0 saturated heterocycles. The molecule has 0 aliphatic heterocycles. The minimum atomic E-state index is -0.188. The number of nitrogens with zero attached hydrogens (tertiary/aromatic N) is 2. The van der Waals surface area contributed by atoms with Crippen LogP contribution in [0.15, 0.2) is 6.20 Å². The van der Waals surface area contributed by atoms with Crippen LogP contribution in [0, 0.1) is 6.92 Å². The first-order valence-corrected chi connectivity index (χ1v) is 7.38. The van der Waals surface area contributed by atoms with E-state index >= 15 is 0 Å². The van der Waals surface area contributed by atoms with Crippen molar-refractivity contribution in [3.8, 4) is 0 Å². The minimum absolute atomic E-state index is 0.0129. The van der Waals surface area contributed by atoms with Crippen LogP contribution < -0.4 is 5.32 Å². The van der Waals surface area contributed by atoms with Crippen LogP contribution in [0.4, 0.5) is 5.13 Å². The lowest BCUT2D eigenvalue weighted by molar-refractivity contribution is -0.134. The smallest absolute Gasteiger partial charge is 0.245 e. The molecule has 0 saturated carbocycles. The number of carbonyl (C=O) groups excluding carboxylic acids is 2. The molecule has 0 aliphatic carbocycles. The highest BCUT2D eigenvalue weighted by atomic mass is 32.1. The van der Waals surface area contributed by atoms with Gasteiger partial charge < -0.3 is 10.2 Å². The average Bonchev–Trinajstić information content (AvgIpc) is 2.78. The first kappa shape index (κ1) is 15.6. The Morgan fingerprint density at radius 3 is 2.68 bits per heavy atom. The van der Waals surface area contributed by atoms with E-state index in [1.54, 1.807) is 11.1 Å². The van der Waals surface area contributed by atoms with Crippen molar-refractivity contribution in [2.75, 3.05) is 18.4 Å². The summed E-state index contributed by atoms with van der Waals surface area (Å²) in [6.07, 6.45) is 4.05. The molecule has 1 heterocycles. The highest BCUT2D eigenvalue weighted by molar-refractivity contribution is 7.15. The molecule has 1 aromatic rings. The third kappa shape index (κ3) is 5.38. The van der Waals surface area contributed by atoms with E-state index in [0.29, 0.717) is 18.1 Å². The molecule has 106 valence electrons. The van der Waals surface area contributed by atoms with Crippen LogP contribution in [-0.2, 0) is 9.59 Å². The third-order valence-corrected chi connectivity index (χ3v) is 3.47. The van der Waals surface area contributed by atoms with Gasteiger partial charge in [-0.3, -0.25) is 9.59 Å². The lowest BCUT2D eigenvalue weighted by atomic mass is 10.3. The van der Waals surface area contributed by atoms with Crippen molar-refractivity contribution in [3.63, 3.8) is 0 Å². The number of anilines is 1. The van der Waals surface area contributed by atoms with Gasteiger partial charge >= 0.3 is 0 Å². The summed E-state index contributed by atoms with van der Waals surface area (Å²) in [6.45, 7) is 6.54. The number of aryl methyl sites for hydroxylation is 1. The lowest BCUT2D eigenvalue weighted by Crippen LogP contribution is -2.38. The number of carbonyl (C=O) groups is 2. The number of aromatic nitrogens is 1. The summed E-state index contributed by atoms with van der Waals surface area (Å²) >= 11 is 1.43. The quantitative estimate of drug-likeness (QED) is 0.836. The van der Waals surface area contributed by atoms with Crippen LogP contribution in [0.5, 0.6) is 0 Å². The van der Waals surface area contributed by atoms with Crippen LogP contribution in [0.3, 0.4) is 0 Å². The van der Waals surface area contributed by atoms with Gasteiger partial charge in [-0.15, -0.1) is 11.3 Å². The number of amides is 2. The van der Waals surface area contributed by atoms with E-state index < -0.39 is 0 Å². The molecule has 0 unspecified atom stereocenters. The number of unbranched alkanes of at least 4 members (excludes halogenated alkanes) is 1. The number of thiazole rings is 1. The van der Waals surface area contributed by atoms with E-state index in [0.717, 1.165) is 17.7 Å². The molecule has 0 aromatic carbocycles. The van der Waals surface area contributed by atoms with Gasteiger partial charge in [-0.1, -0.05) is 20.3 Å². The molecule has 2 amide bonds. The van der Waals surface area contributed by atoms with Crippen molar-refractivity contribution in [1.82, 2.24) is 9.88 Å². The Morgan fingerprint density at radius 1 is 1.42 bits per heavy atom. The van der Waals surface area contributed by atoms with Crippen LogP contribution in [-0.4, -0.2) is 34.8 Å². The Hall–Kier alpha value is -1.43. The number of hydrogen-bond acceptors (Lipinski definition) is 4.